The van der Waals surface area contributed by atoms with Gasteiger partial charge in [-0.05, 0) is 36.3 Å². The van der Waals surface area contributed by atoms with E-state index in [1.54, 1.807) is 18.7 Å². The maximum Gasteiger partial charge on any atom is 0.328 e. The number of methoxy groups -OCH3 is 1. The van der Waals surface area contributed by atoms with Crippen LogP contribution in [0.4, 0.5) is 4.39 Å². The molecule has 0 bridgehead atoms. The Balaban J connectivity index is 1.73. The molecule has 0 spiro atoms. The van der Waals surface area contributed by atoms with E-state index in [2.05, 4.69) is 18.3 Å². The Hall–Kier alpha value is -1.92. The molecule has 2 aromatic rings. The van der Waals surface area contributed by atoms with Gasteiger partial charge in [0.15, 0.2) is 5.82 Å². The Bertz CT molecular complexity index is 923. The summed E-state index contributed by atoms with van der Waals surface area (Å²) in [5.74, 6) is -0.235. The van der Waals surface area contributed by atoms with Gasteiger partial charge in [-0.25, -0.2) is 9.18 Å². The van der Waals surface area contributed by atoms with Crippen molar-refractivity contribution in [3.05, 3.63) is 46.1 Å². The number of aryl methyl sites for hydroxylation is 1. The summed E-state index contributed by atoms with van der Waals surface area (Å²) in [4.78, 5) is 12.7. The van der Waals surface area contributed by atoms with Gasteiger partial charge in [0.25, 0.3) is 0 Å². The van der Waals surface area contributed by atoms with Crippen molar-refractivity contribution in [2.75, 3.05) is 13.7 Å². The zero-order valence-corrected chi connectivity index (χ0v) is 15.6. The third kappa shape index (κ3) is 2.91. The minimum Gasteiger partial charge on any atom is -0.366 e. The van der Waals surface area contributed by atoms with Crippen molar-refractivity contribution in [2.24, 2.45) is 18.4 Å². The van der Waals surface area contributed by atoms with Crippen molar-refractivity contribution in [3.8, 4) is 0 Å². The standard InChI is InChI=1S/C20H26FN3O2/c1-20(8-9-20)12-24-15-7-6-13(16(21)17(15)23(2)19(24)25)11-14-5-4-10-22-18(14)26-3/h4-7,14,18,22H,8-12H2,1-3H3. The highest BCUT2D eigenvalue weighted by Gasteiger charge is 2.38. The quantitative estimate of drug-likeness (QED) is 0.835. The van der Waals surface area contributed by atoms with Crippen molar-refractivity contribution in [2.45, 2.75) is 39.0 Å². The van der Waals surface area contributed by atoms with Crippen LogP contribution in [0.1, 0.15) is 25.3 Å². The van der Waals surface area contributed by atoms with Gasteiger partial charge in [0, 0.05) is 33.2 Å². The van der Waals surface area contributed by atoms with Gasteiger partial charge in [0.2, 0.25) is 0 Å². The summed E-state index contributed by atoms with van der Waals surface area (Å²) < 4.78 is 23.9. The lowest BCUT2D eigenvalue weighted by atomic mass is 9.94. The molecular weight excluding hydrogens is 333 g/mol. The molecule has 2 unspecified atom stereocenters. The van der Waals surface area contributed by atoms with E-state index in [1.807, 2.05) is 18.2 Å². The van der Waals surface area contributed by atoms with Gasteiger partial charge in [-0.15, -0.1) is 0 Å². The molecule has 1 aromatic heterocycles. The van der Waals surface area contributed by atoms with Gasteiger partial charge < -0.3 is 4.74 Å². The highest BCUT2D eigenvalue weighted by atomic mass is 19.1. The van der Waals surface area contributed by atoms with E-state index in [4.69, 9.17) is 4.74 Å². The summed E-state index contributed by atoms with van der Waals surface area (Å²) in [6, 6.07) is 3.71. The Morgan fingerprint density at radius 2 is 2.15 bits per heavy atom. The van der Waals surface area contributed by atoms with E-state index in [0.717, 1.165) is 19.4 Å². The minimum absolute atomic E-state index is 0.0604. The molecule has 0 saturated heterocycles. The van der Waals surface area contributed by atoms with E-state index < -0.39 is 0 Å². The number of halogens is 1. The van der Waals surface area contributed by atoms with E-state index in [0.29, 0.717) is 29.6 Å². The van der Waals surface area contributed by atoms with Crippen LogP contribution >= 0.6 is 0 Å². The molecule has 1 aliphatic heterocycles. The number of ether oxygens (including phenoxy) is 1. The van der Waals surface area contributed by atoms with Gasteiger partial charge in [-0.3, -0.25) is 14.5 Å². The number of fused-ring (bicyclic) bond motifs is 1. The number of rotatable bonds is 5. The van der Waals surface area contributed by atoms with Crippen LogP contribution in [0.15, 0.2) is 29.1 Å². The molecule has 1 fully saturated rings. The van der Waals surface area contributed by atoms with Crippen LogP contribution in [0.5, 0.6) is 0 Å². The van der Waals surface area contributed by atoms with Crippen LogP contribution in [-0.2, 0) is 24.8 Å². The zero-order valence-electron chi connectivity index (χ0n) is 15.6. The molecule has 6 heteroatoms. The van der Waals surface area contributed by atoms with Crippen LogP contribution in [0.25, 0.3) is 11.0 Å². The molecule has 1 aromatic carbocycles. The fourth-order valence-electron chi connectivity index (χ4n) is 3.94. The van der Waals surface area contributed by atoms with Crippen LogP contribution in [0.3, 0.4) is 0 Å². The van der Waals surface area contributed by atoms with Crippen LogP contribution < -0.4 is 11.0 Å². The lowest BCUT2D eigenvalue weighted by Gasteiger charge is -2.27. The summed E-state index contributed by atoms with van der Waals surface area (Å²) in [6.45, 7) is 3.59. The largest absolute Gasteiger partial charge is 0.366 e. The number of nitrogens with one attached hydrogen (secondary N) is 1. The van der Waals surface area contributed by atoms with Gasteiger partial charge in [-0.2, -0.15) is 0 Å². The smallest absolute Gasteiger partial charge is 0.328 e. The van der Waals surface area contributed by atoms with Gasteiger partial charge in [-0.1, -0.05) is 25.1 Å². The van der Waals surface area contributed by atoms with E-state index in [-0.39, 0.29) is 29.1 Å². The number of hydrogen-bond acceptors (Lipinski definition) is 3. The van der Waals surface area contributed by atoms with Gasteiger partial charge in [0.1, 0.15) is 11.7 Å². The van der Waals surface area contributed by atoms with E-state index >= 15 is 4.39 Å². The molecule has 1 N–H and O–H groups in total. The van der Waals surface area contributed by atoms with Crippen LogP contribution in [-0.4, -0.2) is 29.0 Å². The van der Waals surface area contributed by atoms with Gasteiger partial charge >= 0.3 is 5.69 Å². The highest BCUT2D eigenvalue weighted by Crippen LogP contribution is 2.46. The lowest BCUT2D eigenvalue weighted by Crippen LogP contribution is -2.40. The minimum atomic E-state index is -0.296. The SMILES string of the molecule is COC1NCC=CC1Cc1ccc2c(c1F)n(C)c(=O)n2CC1(C)CC1. The van der Waals surface area contributed by atoms with E-state index in [9.17, 15) is 4.79 Å². The molecule has 140 valence electrons. The first-order chi connectivity index (χ1) is 12.4. The molecule has 1 saturated carbocycles. The third-order valence-corrected chi connectivity index (χ3v) is 5.88. The fourth-order valence-corrected chi connectivity index (χ4v) is 3.94. The number of aromatic nitrogens is 2. The molecule has 4 rings (SSSR count). The Labute approximate surface area is 152 Å². The maximum absolute atomic E-state index is 15.3. The second-order valence-corrected chi connectivity index (χ2v) is 8.01. The van der Waals surface area contributed by atoms with Crippen molar-refractivity contribution in [1.29, 1.82) is 0 Å². The third-order valence-electron chi connectivity index (χ3n) is 5.88. The molecule has 26 heavy (non-hydrogen) atoms. The second-order valence-electron chi connectivity index (χ2n) is 8.01. The van der Waals surface area contributed by atoms with Gasteiger partial charge in [0.05, 0.1) is 5.52 Å². The number of nitrogens with zero attached hydrogens (tertiary/aromatic N) is 2. The van der Waals surface area contributed by atoms with Crippen molar-refractivity contribution >= 4 is 11.0 Å². The number of hydrogen-bond donors (Lipinski definition) is 1. The second kappa shape index (κ2) is 6.35. The first-order valence-electron chi connectivity index (χ1n) is 9.23. The Kier molecular flexibility index (Phi) is 4.28. The van der Waals surface area contributed by atoms with E-state index in [1.165, 1.54) is 4.57 Å². The molecular formula is C20H26FN3O2. The molecule has 0 amide bonds. The summed E-state index contributed by atoms with van der Waals surface area (Å²) in [7, 11) is 3.31. The fraction of sp³-hybridized carbons (Fsp3) is 0.550. The summed E-state index contributed by atoms with van der Waals surface area (Å²) >= 11 is 0. The normalized spacial score (nSPS) is 24.3. The molecule has 5 nitrogen and oxygen atoms in total. The molecule has 2 aliphatic rings. The summed E-state index contributed by atoms with van der Waals surface area (Å²) in [6.07, 6.45) is 6.76. The van der Waals surface area contributed by atoms with Crippen molar-refractivity contribution < 1.29 is 9.13 Å². The Morgan fingerprint density at radius 1 is 1.38 bits per heavy atom. The predicted molar refractivity (Wildman–Crippen MR) is 99.6 cm³/mol. The summed E-state index contributed by atoms with van der Waals surface area (Å²) in [5, 5.41) is 3.26. The topological polar surface area (TPSA) is 48.2 Å². The average Bonchev–Trinajstić information content (AvgIpc) is 3.32. The maximum atomic E-state index is 15.3. The summed E-state index contributed by atoms with van der Waals surface area (Å²) in [5.41, 5.74) is 1.74. The van der Waals surface area contributed by atoms with Crippen LogP contribution in [0, 0.1) is 17.2 Å². The zero-order chi connectivity index (χ0) is 18.5. The van der Waals surface area contributed by atoms with Crippen molar-refractivity contribution in [3.63, 3.8) is 0 Å². The first-order valence-corrected chi connectivity index (χ1v) is 9.23. The molecule has 0 radical (unpaired) electrons. The highest BCUT2D eigenvalue weighted by molar-refractivity contribution is 5.78. The molecule has 2 atom stereocenters. The number of imidazole rings is 1. The Morgan fingerprint density at radius 3 is 2.85 bits per heavy atom. The monoisotopic (exact) mass is 359 g/mol. The lowest BCUT2D eigenvalue weighted by molar-refractivity contribution is 0.0395. The average molecular weight is 359 g/mol. The van der Waals surface area contributed by atoms with Crippen LogP contribution in [0.2, 0.25) is 0 Å². The number of benzene rings is 1. The molecule has 1 aliphatic carbocycles. The first kappa shape index (κ1) is 17.5. The van der Waals surface area contributed by atoms with Crippen molar-refractivity contribution in [1.82, 2.24) is 14.5 Å². The molecule has 2 heterocycles. The predicted octanol–water partition coefficient (Wildman–Crippen LogP) is 2.57.